The zero-order valence-electron chi connectivity index (χ0n) is 13.8. The van der Waals surface area contributed by atoms with Crippen molar-refractivity contribution >= 4 is 46.2 Å². The summed E-state index contributed by atoms with van der Waals surface area (Å²) in [5, 5.41) is 3.99. The molecule has 3 amide bonds. The molecule has 3 rings (SSSR count). The number of imide groups is 1. The molecule has 9 heteroatoms. The fourth-order valence-electron chi connectivity index (χ4n) is 2.62. The monoisotopic (exact) mass is 380 g/mol. The zero-order chi connectivity index (χ0) is 18.1. The maximum absolute atomic E-state index is 12.8. The van der Waals surface area contributed by atoms with Crippen LogP contribution in [0, 0.1) is 0 Å². The molecule has 0 saturated carbocycles. The van der Waals surface area contributed by atoms with Crippen molar-refractivity contribution in [2.75, 3.05) is 18.8 Å². The van der Waals surface area contributed by atoms with E-state index in [1.54, 1.807) is 22.8 Å². The molecule has 2 aromatic rings. The second-order valence-corrected chi connectivity index (χ2v) is 7.27. The first-order valence-corrected chi connectivity index (χ1v) is 9.17. The van der Waals surface area contributed by atoms with Crippen LogP contribution in [0.4, 0.5) is 4.79 Å². The number of aromatic nitrogens is 2. The van der Waals surface area contributed by atoms with Gasteiger partial charge in [-0.05, 0) is 32.0 Å². The molecule has 0 spiro atoms. The number of nitrogens with one attached hydrogen (secondary N) is 1. The van der Waals surface area contributed by atoms with E-state index in [1.807, 2.05) is 13.8 Å². The summed E-state index contributed by atoms with van der Waals surface area (Å²) in [5.74, 6) is -0.283. The Hall–Kier alpha value is -2.06. The number of fused-ring (bicyclic) bond motifs is 1. The molecule has 1 aromatic carbocycles. The van der Waals surface area contributed by atoms with Crippen LogP contribution in [0.1, 0.15) is 19.9 Å². The lowest BCUT2D eigenvalue weighted by Gasteiger charge is -2.17. The van der Waals surface area contributed by atoms with Gasteiger partial charge in [0, 0.05) is 24.2 Å². The van der Waals surface area contributed by atoms with E-state index in [0.29, 0.717) is 34.2 Å². The summed E-state index contributed by atoms with van der Waals surface area (Å²) in [7, 11) is 0. The van der Waals surface area contributed by atoms with Gasteiger partial charge in [-0.25, -0.2) is 9.78 Å². The number of halogens is 1. The van der Waals surface area contributed by atoms with Crippen molar-refractivity contribution in [1.82, 2.24) is 19.8 Å². The number of rotatable bonds is 4. The van der Waals surface area contributed by atoms with Crippen LogP contribution < -0.4 is 10.9 Å². The fraction of sp³-hybridized carbons (Fsp3) is 0.375. The molecule has 2 heterocycles. The lowest BCUT2D eigenvalue weighted by Crippen LogP contribution is -2.35. The van der Waals surface area contributed by atoms with E-state index in [0.717, 1.165) is 11.8 Å². The summed E-state index contributed by atoms with van der Waals surface area (Å²) in [6, 6.07) is 4.43. The van der Waals surface area contributed by atoms with Crippen molar-refractivity contribution in [3.05, 3.63) is 33.6 Å². The maximum atomic E-state index is 12.8. The summed E-state index contributed by atoms with van der Waals surface area (Å²) in [6.45, 7) is 4.57. The number of nitrogens with zero attached hydrogens (tertiary/aromatic N) is 3. The van der Waals surface area contributed by atoms with Gasteiger partial charge in [0.1, 0.15) is 0 Å². The van der Waals surface area contributed by atoms with Crippen LogP contribution in [0.5, 0.6) is 0 Å². The molecule has 1 saturated heterocycles. The van der Waals surface area contributed by atoms with E-state index in [9.17, 15) is 14.4 Å². The molecule has 0 aliphatic carbocycles. The van der Waals surface area contributed by atoms with Crippen LogP contribution in [-0.4, -0.2) is 45.2 Å². The Morgan fingerprint density at radius 3 is 2.80 bits per heavy atom. The highest BCUT2D eigenvalue weighted by molar-refractivity contribution is 7.99. The minimum atomic E-state index is -0.384. The first-order valence-electron chi connectivity index (χ1n) is 7.81. The molecule has 132 valence electrons. The average molecular weight is 381 g/mol. The lowest BCUT2D eigenvalue weighted by atomic mass is 10.2. The van der Waals surface area contributed by atoms with E-state index in [4.69, 9.17) is 11.6 Å². The molecule has 7 nitrogen and oxygen atoms in total. The minimum absolute atomic E-state index is 0.0264. The highest BCUT2D eigenvalue weighted by Gasteiger charge is 2.26. The predicted molar refractivity (Wildman–Crippen MR) is 97.2 cm³/mol. The summed E-state index contributed by atoms with van der Waals surface area (Å²) in [6.07, 6.45) is 0. The summed E-state index contributed by atoms with van der Waals surface area (Å²) >= 11 is 7.14. The Morgan fingerprint density at radius 2 is 2.16 bits per heavy atom. The topological polar surface area (TPSA) is 84.3 Å². The number of carbonyl (C=O) groups excluding carboxylic acids is 2. The molecule has 0 atom stereocenters. The van der Waals surface area contributed by atoms with Crippen molar-refractivity contribution in [3.63, 3.8) is 0 Å². The van der Waals surface area contributed by atoms with Crippen molar-refractivity contribution in [2.24, 2.45) is 0 Å². The number of benzene rings is 1. The molecule has 1 aromatic heterocycles. The summed E-state index contributed by atoms with van der Waals surface area (Å²) in [5.41, 5.74) is 0.314. The summed E-state index contributed by atoms with van der Waals surface area (Å²) < 4.78 is 1.55. The Kier molecular flexibility index (Phi) is 5.01. The van der Waals surface area contributed by atoms with Crippen LogP contribution in [0.2, 0.25) is 5.02 Å². The van der Waals surface area contributed by atoms with Crippen LogP contribution in [0.3, 0.4) is 0 Å². The Bertz CT molecular complexity index is 912. The fourth-order valence-corrected chi connectivity index (χ4v) is 3.79. The van der Waals surface area contributed by atoms with Crippen LogP contribution in [0.25, 0.3) is 10.9 Å². The number of urea groups is 1. The van der Waals surface area contributed by atoms with Gasteiger partial charge in [0.15, 0.2) is 5.16 Å². The highest BCUT2D eigenvalue weighted by atomic mass is 35.5. The smallest absolute Gasteiger partial charge is 0.324 e. The van der Waals surface area contributed by atoms with Gasteiger partial charge in [-0.2, -0.15) is 0 Å². The SMILES string of the molecule is CC(C)n1c(SCC(=O)N2CCNC2=O)nc2cc(Cl)ccc2c1=O. The Labute approximate surface area is 153 Å². The van der Waals surface area contributed by atoms with E-state index in [2.05, 4.69) is 10.3 Å². The lowest BCUT2D eigenvalue weighted by molar-refractivity contribution is -0.124. The van der Waals surface area contributed by atoms with Crippen molar-refractivity contribution in [3.8, 4) is 0 Å². The van der Waals surface area contributed by atoms with E-state index in [-0.39, 0.29) is 29.3 Å². The van der Waals surface area contributed by atoms with Gasteiger partial charge in [0.05, 0.1) is 16.7 Å². The molecule has 25 heavy (non-hydrogen) atoms. The maximum Gasteiger partial charge on any atom is 0.324 e. The van der Waals surface area contributed by atoms with Crippen molar-refractivity contribution in [2.45, 2.75) is 25.0 Å². The quantitative estimate of drug-likeness (QED) is 0.649. The molecule has 1 fully saturated rings. The van der Waals surface area contributed by atoms with E-state index >= 15 is 0 Å². The molecule has 1 N–H and O–H groups in total. The standard InChI is InChI=1S/C16H17ClN4O3S/c1-9(2)21-14(23)11-4-3-10(17)7-12(11)19-16(21)25-8-13(22)20-6-5-18-15(20)24/h3-4,7,9H,5-6,8H2,1-2H3,(H,18,24). The third-order valence-corrected chi connectivity index (χ3v) is 5.00. The average Bonchev–Trinajstić information content (AvgIpc) is 2.98. The van der Waals surface area contributed by atoms with Gasteiger partial charge in [0.25, 0.3) is 5.56 Å². The largest absolute Gasteiger partial charge is 0.336 e. The van der Waals surface area contributed by atoms with Gasteiger partial charge in [-0.1, -0.05) is 23.4 Å². The summed E-state index contributed by atoms with van der Waals surface area (Å²) in [4.78, 5) is 42.2. The third kappa shape index (κ3) is 3.50. The van der Waals surface area contributed by atoms with Crippen LogP contribution >= 0.6 is 23.4 Å². The molecular formula is C16H17ClN4O3S. The van der Waals surface area contributed by atoms with Crippen molar-refractivity contribution < 1.29 is 9.59 Å². The number of amides is 3. The first kappa shape index (κ1) is 17.8. The minimum Gasteiger partial charge on any atom is -0.336 e. The zero-order valence-corrected chi connectivity index (χ0v) is 15.4. The third-order valence-electron chi connectivity index (χ3n) is 3.83. The van der Waals surface area contributed by atoms with Gasteiger partial charge in [-0.3, -0.25) is 19.1 Å². The number of hydrogen-bond acceptors (Lipinski definition) is 5. The molecule has 1 aliphatic heterocycles. The normalized spacial score (nSPS) is 14.4. The number of thioether (sulfide) groups is 1. The Balaban J connectivity index is 1.94. The second kappa shape index (κ2) is 7.05. The van der Waals surface area contributed by atoms with Gasteiger partial charge in [0.2, 0.25) is 5.91 Å². The van der Waals surface area contributed by atoms with Gasteiger partial charge in [-0.15, -0.1) is 0 Å². The van der Waals surface area contributed by atoms with Crippen molar-refractivity contribution in [1.29, 1.82) is 0 Å². The van der Waals surface area contributed by atoms with Gasteiger partial charge >= 0.3 is 6.03 Å². The number of carbonyl (C=O) groups is 2. The van der Waals surface area contributed by atoms with E-state index in [1.165, 1.54) is 4.90 Å². The first-order chi connectivity index (χ1) is 11.9. The Morgan fingerprint density at radius 1 is 1.40 bits per heavy atom. The highest BCUT2D eigenvalue weighted by Crippen LogP contribution is 2.23. The predicted octanol–water partition coefficient (Wildman–Crippen LogP) is 2.27. The number of hydrogen-bond donors (Lipinski definition) is 1. The molecule has 0 unspecified atom stereocenters. The van der Waals surface area contributed by atoms with E-state index < -0.39 is 0 Å². The van der Waals surface area contributed by atoms with Gasteiger partial charge < -0.3 is 5.32 Å². The molecule has 1 aliphatic rings. The molecule has 0 radical (unpaired) electrons. The molecule has 0 bridgehead atoms. The second-order valence-electron chi connectivity index (χ2n) is 5.89. The van der Waals surface area contributed by atoms with Crippen LogP contribution in [0.15, 0.2) is 28.2 Å². The van der Waals surface area contributed by atoms with Crippen LogP contribution in [-0.2, 0) is 4.79 Å². The molecular weight excluding hydrogens is 364 g/mol.